The topological polar surface area (TPSA) is 96.3 Å². The highest BCUT2D eigenvalue weighted by Gasteiger charge is 2.17. The van der Waals surface area contributed by atoms with Gasteiger partial charge in [0.05, 0.1) is 26.0 Å². The minimum atomic E-state index is -2.57. The van der Waals surface area contributed by atoms with Crippen molar-refractivity contribution in [1.29, 1.82) is 0 Å². The quantitative estimate of drug-likeness (QED) is 0.846. The number of carbonyl (C=O) groups is 1. The zero-order valence-corrected chi connectivity index (χ0v) is 15.1. The molecule has 2 N–H and O–H groups in total. The molecule has 0 aliphatic rings. The van der Waals surface area contributed by atoms with Crippen LogP contribution in [0.4, 0.5) is 11.4 Å². The van der Waals surface area contributed by atoms with Crippen molar-refractivity contribution in [3.05, 3.63) is 41.2 Å². The molecule has 9 heteroatoms. The minimum Gasteiger partial charge on any atom is -0.354 e. The Bertz CT molecular complexity index is 878. The van der Waals surface area contributed by atoms with E-state index in [0.717, 1.165) is 0 Å². The van der Waals surface area contributed by atoms with Crippen LogP contribution in [0.3, 0.4) is 0 Å². The van der Waals surface area contributed by atoms with E-state index >= 15 is 0 Å². The van der Waals surface area contributed by atoms with Crippen LogP contribution in [-0.2, 0) is 9.73 Å². The summed E-state index contributed by atoms with van der Waals surface area (Å²) < 4.78 is 17.0. The molecule has 0 radical (unpaired) electrons. The summed E-state index contributed by atoms with van der Waals surface area (Å²) in [5.74, 6) is -0.408. The maximum Gasteiger partial charge on any atom is 0.273 e. The lowest BCUT2D eigenvalue weighted by atomic mass is 10.2. The van der Waals surface area contributed by atoms with Crippen LogP contribution in [0.15, 0.2) is 39.6 Å². The molecule has 128 valence electrons. The minimum absolute atomic E-state index is 0.0896. The SMILES string of the molecule is CCN=S(C)(=O)c1ccccc1Nc1cc(Cl)nnc1C(=O)NC. The summed E-state index contributed by atoms with van der Waals surface area (Å²) >= 11 is 5.89. The number of hydrogen-bond acceptors (Lipinski definition) is 6. The van der Waals surface area contributed by atoms with Crippen molar-refractivity contribution < 1.29 is 9.00 Å². The number of carbonyl (C=O) groups excluding carboxylic acids is 1. The van der Waals surface area contributed by atoms with Gasteiger partial charge in [0.15, 0.2) is 10.8 Å². The van der Waals surface area contributed by atoms with E-state index in [1.165, 1.54) is 13.1 Å². The maximum atomic E-state index is 12.8. The number of rotatable bonds is 5. The van der Waals surface area contributed by atoms with Gasteiger partial charge in [-0.05, 0) is 19.1 Å². The van der Waals surface area contributed by atoms with E-state index < -0.39 is 15.6 Å². The van der Waals surface area contributed by atoms with Crippen LogP contribution in [0, 0.1) is 0 Å². The summed E-state index contributed by atoms with van der Waals surface area (Å²) in [7, 11) is -1.07. The molecule has 1 heterocycles. The number of amides is 1. The average Bonchev–Trinajstić information content (AvgIpc) is 2.54. The number of benzene rings is 1. The molecular weight excluding hydrogens is 350 g/mol. The lowest BCUT2D eigenvalue weighted by Gasteiger charge is -2.14. The highest BCUT2D eigenvalue weighted by molar-refractivity contribution is 7.93. The molecule has 7 nitrogen and oxygen atoms in total. The van der Waals surface area contributed by atoms with Gasteiger partial charge in [-0.3, -0.25) is 4.79 Å². The van der Waals surface area contributed by atoms with E-state index in [9.17, 15) is 9.00 Å². The second-order valence-electron chi connectivity index (χ2n) is 4.88. The van der Waals surface area contributed by atoms with Crippen LogP contribution in [0.25, 0.3) is 0 Å². The summed E-state index contributed by atoms with van der Waals surface area (Å²) in [5, 5.41) is 13.2. The number of hydrogen-bond donors (Lipinski definition) is 2. The van der Waals surface area contributed by atoms with E-state index in [2.05, 4.69) is 25.2 Å². The van der Waals surface area contributed by atoms with Gasteiger partial charge in [0.2, 0.25) is 0 Å². The molecule has 2 aromatic rings. The molecule has 0 fully saturated rings. The lowest BCUT2D eigenvalue weighted by Crippen LogP contribution is -2.21. The van der Waals surface area contributed by atoms with Crippen molar-refractivity contribution in [1.82, 2.24) is 15.5 Å². The van der Waals surface area contributed by atoms with E-state index in [4.69, 9.17) is 11.6 Å². The fraction of sp³-hybridized carbons (Fsp3) is 0.267. The summed E-state index contributed by atoms with van der Waals surface area (Å²) in [6.07, 6.45) is 1.58. The lowest BCUT2D eigenvalue weighted by molar-refractivity contribution is 0.0958. The van der Waals surface area contributed by atoms with E-state index in [0.29, 0.717) is 22.8 Å². The van der Waals surface area contributed by atoms with Gasteiger partial charge in [-0.1, -0.05) is 23.7 Å². The van der Waals surface area contributed by atoms with E-state index in [1.54, 1.807) is 30.5 Å². The highest BCUT2D eigenvalue weighted by atomic mass is 35.5. The standard InChI is InChI=1S/C15H18ClN5O2S/c1-4-18-24(3,23)12-8-6-5-7-10(12)19-11-9-13(16)20-21-14(11)15(22)17-2/h5-9H,4H2,1-3H3,(H,17,22)(H,19,20). The third-order valence-corrected chi connectivity index (χ3v) is 5.25. The monoisotopic (exact) mass is 367 g/mol. The van der Waals surface area contributed by atoms with E-state index in [1.807, 2.05) is 6.92 Å². The first kappa shape index (κ1) is 18.2. The Morgan fingerprint density at radius 3 is 2.67 bits per heavy atom. The number of aromatic nitrogens is 2. The van der Waals surface area contributed by atoms with Gasteiger partial charge in [-0.15, -0.1) is 10.2 Å². The van der Waals surface area contributed by atoms with Gasteiger partial charge >= 0.3 is 0 Å². The zero-order valence-electron chi connectivity index (χ0n) is 13.5. The number of nitrogens with one attached hydrogen (secondary N) is 2. The van der Waals surface area contributed by atoms with Crippen molar-refractivity contribution in [2.24, 2.45) is 4.36 Å². The highest BCUT2D eigenvalue weighted by Crippen LogP contribution is 2.28. The molecule has 1 aromatic heterocycles. The summed E-state index contributed by atoms with van der Waals surface area (Å²) in [6.45, 7) is 2.27. The molecule has 0 bridgehead atoms. The number of halogens is 1. The Morgan fingerprint density at radius 1 is 1.29 bits per heavy atom. The smallest absolute Gasteiger partial charge is 0.273 e. The second-order valence-corrected chi connectivity index (χ2v) is 7.57. The molecule has 0 saturated carbocycles. The Morgan fingerprint density at radius 2 is 2.00 bits per heavy atom. The zero-order chi connectivity index (χ0) is 17.7. The fourth-order valence-corrected chi connectivity index (χ4v) is 3.75. The van der Waals surface area contributed by atoms with Gasteiger partial charge in [-0.25, -0.2) is 8.57 Å². The molecule has 1 aromatic carbocycles. The van der Waals surface area contributed by atoms with Crippen LogP contribution in [0.1, 0.15) is 17.4 Å². The van der Waals surface area contributed by atoms with Crippen molar-refractivity contribution >= 4 is 38.6 Å². The third-order valence-electron chi connectivity index (χ3n) is 3.15. The first-order valence-electron chi connectivity index (χ1n) is 7.18. The molecule has 1 unspecified atom stereocenters. The number of para-hydroxylation sites is 1. The Kier molecular flexibility index (Phi) is 5.74. The maximum absolute atomic E-state index is 12.8. The Labute approximate surface area is 146 Å². The van der Waals surface area contributed by atoms with Crippen molar-refractivity contribution in [3.63, 3.8) is 0 Å². The Hall–Kier alpha value is -2.19. The fourth-order valence-electron chi connectivity index (χ4n) is 2.11. The van der Waals surface area contributed by atoms with Crippen LogP contribution in [-0.4, -0.2) is 40.2 Å². The van der Waals surface area contributed by atoms with Crippen LogP contribution in [0.5, 0.6) is 0 Å². The van der Waals surface area contributed by atoms with Crippen molar-refractivity contribution in [2.45, 2.75) is 11.8 Å². The molecule has 0 aliphatic carbocycles. The van der Waals surface area contributed by atoms with Gasteiger partial charge in [0.1, 0.15) is 0 Å². The molecule has 2 rings (SSSR count). The molecule has 1 atom stereocenters. The van der Waals surface area contributed by atoms with Crippen LogP contribution < -0.4 is 10.6 Å². The molecule has 0 saturated heterocycles. The molecular formula is C15H18ClN5O2S. The van der Waals surface area contributed by atoms with Crippen molar-refractivity contribution in [3.8, 4) is 0 Å². The predicted octanol–water partition coefficient (Wildman–Crippen LogP) is 2.71. The molecule has 24 heavy (non-hydrogen) atoms. The summed E-state index contributed by atoms with van der Waals surface area (Å²) in [6, 6.07) is 8.56. The average molecular weight is 368 g/mol. The first-order chi connectivity index (χ1) is 11.4. The summed E-state index contributed by atoms with van der Waals surface area (Å²) in [4.78, 5) is 12.5. The second kappa shape index (κ2) is 7.59. The molecule has 0 aliphatic heterocycles. The van der Waals surface area contributed by atoms with Gasteiger partial charge in [-0.2, -0.15) is 0 Å². The molecule has 0 spiro atoms. The Balaban J connectivity index is 2.55. The first-order valence-corrected chi connectivity index (χ1v) is 9.48. The van der Waals surface area contributed by atoms with Crippen LogP contribution >= 0.6 is 11.6 Å². The third kappa shape index (κ3) is 4.01. The number of nitrogens with zero attached hydrogens (tertiary/aromatic N) is 3. The van der Waals surface area contributed by atoms with Crippen molar-refractivity contribution in [2.75, 3.05) is 25.2 Å². The summed E-state index contributed by atoms with van der Waals surface area (Å²) in [5.41, 5.74) is 1.02. The molecule has 1 amide bonds. The van der Waals surface area contributed by atoms with Gasteiger partial charge in [0.25, 0.3) is 5.91 Å². The predicted molar refractivity (Wildman–Crippen MR) is 95.5 cm³/mol. The van der Waals surface area contributed by atoms with Gasteiger partial charge in [0, 0.05) is 25.9 Å². The van der Waals surface area contributed by atoms with E-state index in [-0.39, 0.29) is 10.8 Å². The normalized spacial score (nSPS) is 13.0. The van der Waals surface area contributed by atoms with Gasteiger partial charge < -0.3 is 10.6 Å². The number of anilines is 2. The largest absolute Gasteiger partial charge is 0.354 e. The van der Waals surface area contributed by atoms with Crippen LogP contribution in [0.2, 0.25) is 5.15 Å².